The number of carbonyl (C=O) groups excluding carboxylic acids is 1. The lowest BCUT2D eigenvalue weighted by atomic mass is 9.94. The molecule has 1 aliphatic heterocycles. The number of anilines is 2. The van der Waals surface area contributed by atoms with Gasteiger partial charge >= 0.3 is 0 Å². The Kier molecular flexibility index (Phi) is 5.26. The lowest BCUT2D eigenvalue weighted by molar-refractivity contribution is -0.117. The number of hydrogen-bond donors (Lipinski definition) is 2. The molecule has 0 radical (unpaired) electrons. The summed E-state index contributed by atoms with van der Waals surface area (Å²) >= 11 is 6.20. The molecule has 0 unspecified atom stereocenters. The summed E-state index contributed by atoms with van der Waals surface area (Å²) in [6.45, 7) is 2.02. The van der Waals surface area contributed by atoms with Crippen LogP contribution in [0.2, 0.25) is 5.02 Å². The number of benzene rings is 1. The van der Waals surface area contributed by atoms with E-state index in [0.717, 1.165) is 37.3 Å². The monoisotopic (exact) mass is 295 g/mol. The third kappa shape index (κ3) is 3.87. The van der Waals surface area contributed by atoms with Gasteiger partial charge in [-0.3, -0.25) is 4.79 Å². The van der Waals surface area contributed by atoms with Crippen molar-refractivity contribution >= 4 is 28.9 Å². The van der Waals surface area contributed by atoms with Crippen molar-refractivity contribution in [3.05, 3.63) is 23.2 Å². The van der Waals surface area contributed by atoms with E-state index in [1.165, 1.54) is 0 Å². The summed E-state index contributed by atoms with van der Waals surface area (Å²) in [4.78, 5) is 14.1. The smallest absolute Gasteiger partial charge is 0.224 e. The molecule has 1 fully saturated rings. The normalized spacial score (nSPS) is 15.9. The molecule has 5 heteroatoms. The van der Waals surface area contributed by atoms with Crippen molar-refractivity contribution in [2.75, 3.05) is 37.4 Å². The van der Waals surface area contributed by atoms with Crippen molar-refractivity contribution in [2.24, 2.45) is 5.92 Å². The summed E-state index contributed by atoms with van der Waals surface area (Å²) in [5.41, 5.74) is 1.63. The molecular weight excluding hydrogens is 274 g/mol. The van der Waals surface area contributed by atoms with Crippen LogP contribution in [0.25, 0.3) is 0 Å². The lowest BCUT2D eigenvalue weighted by Crippen LogP contribution is -2.30. The van der Waals surface area contributed by atoms with Gasteiger partial charge in [-0.2, -0.15) is 0 Å². The first-order chi connectivity index (χ1) is 9.58. The van der Waals surface area contributed by atoms with Gasteiger partial charge in [-0.15, -0.1) is 0 Å². The van der Waals surface area contributed by atoms with Crippen LogP contribution in [0, 0.1) is 5.92 Å². The second-order valence-corrected chi connectivity index (χ2v) is 5.88. The van der Waals surface area contributed by atoms with Crippen molar-refractivity contribution in [2.45, 2.75) is 19.3 Å². The third-order valence-corrected chi connectivity index (χ3v) is 3.95. The van der Waals surface area contributed by atoms with Gasteiger partial charge in [-0.25, -0.2) is 0 Å². The summed E-state index contributed by atoms with van der Waals surface area (Å²) in [6.07, 6.45) is 2.73. The fraction of sp³-hybridized carbons (Fsp3) is 0.533. The van der Waals surface area contributed by atoms with Crippen LogP contribution in [0.3, 0.4) is 0 Å². The molecule has 2 rings (SSSR count). The number of nitrogens with zero attached hydrogens (tertiary/aromatic N) is 1. The Morgan fingerprint density at radius 2 is 2.10 bits per heavy atom. The van der Waals surface area contributed by atoms with Crippen LogP contribution < -0.4 is 15.5 Å². The SMILES string of the molecule is CN(C)c1c(Cl)cccc1NC(=O)CC1CCNCC1. The third-order valence-electron chi connectivity index (χ3n) is 3.64. The molecule has 110 valence electrons. The van der Waals surface area contributed by atoms with Gasteiger partial charge in [0.05, 0.1) is 16.4 Å². The maximum absolute atomic E-state index is 12.2. The molecule has 0 atom stereocenters. The van der Waals surface area contributed by atoms with Crippen LogP contribution in [0.5, 0.6) is 0 Å². The topological polar surface area (TPSA) is 44.4 Å². The largest absolute Gasteiger partial charge is 0.375 e. The second kappa shape index (κ2) is 6.95. The number of rotatable bonds is 4. The zero-order chi connectivity index (χ0) is 14.5. The van der Waals surface area contributed by atoms with E-state index >= 15 is 0 Å². The summed E-state index contributed by atoms with van der Waals surface area (Å²) in [7, 11) is 3.84. The van der Waals surface area contributed by atoms with Crippen LogP contribution >= 0.6 is 11.6 Å². The number of para-hydroxylation sites is 1. The molecule has 2 N–H and O–H groups in total. The van der Waals surface area contributed by atoms with Gasteiger partial charge in [0.2, 0.25) is 5.91 Å². The molecule has 1 heterocycles. The minimum Gasteiger partial charge on any atom is -0.375 e. The van der Waals surface area contributed by atoms with Crippen LogP contribution in [0.15, 0.2) is 18.2 Å². The summed E-state index contributed by atoms with van der Waals surface area (Å²) in [6, 6.07) is 5.58. The highest BCUT2D eigenvalue weighted by Crippen LogP contribution is 2.32. The highest BCUT2D eigenvalue weighted by atomic mass is 35.5. The molecule has 1 aromatic rings. The standard InChI is InChI=1S/C15H22ClN3O/c1-19(2)15-12(16)4-3-5-13(15)18-14(20)10-11-6-8-17-9-7-11/h3-5,11,17H,6-10H2,1-2H3,(H,18,20). The van der Waals surface area contributed by atoms with Gasteiger partial charge in [0.1, 0.15) is 0 Å². The van der Waals surface area contributed by atoms with Gasteiger partial charge in [-0.1, -0.05) is 17.7 Å². The molecule has 0 spiro atoms. The Balaban J connectivity index is 2.02. The Bertz CT molecular complexity index is 470. The van der Waals surface area contributed by atoms with Crippen LogP contribution in [-0.4, -0.2) is 33.1 Å². The minimum absolute atomic E-state index is 0.0715. The van der Waals surface area contributed by atoms with Crippen molar-refractivity contribution in [1.29, 1.82) is 0 Å². The number of halogens is 1. The fourth-order valence-electron chi connectivity index (χ4n) is 2.62. The fourth-order valence-corrected chi connectivity index (χ4v) is 2.96. The van der Waals surface area contributed by atoms with Crippen LogP contribution in [0.4, 0.5) is 11.4 Å². The molecular formula is C15H22ClN3O. The maximum Gasteiger partial charge on any atom is 0.224 e. The number of amides is 1. The molecule has 0 saturated carbocycles. The summed E-state index contributed by atoms with van der Waals surface area (Å²) in [5.74, 6) is 0.556. The first-order valence-electron chi connectivity index (χ1n) is 7.04. The van der Waals surface area contributed by atoms with Crippen molar-refractivity contribution in [3.8, 4) is 0 Å². The van der Waals surface area contributed by atoms with Gasteiger partial charge < -0.3 is 15.5 Å². The molecule has 0 aromatic heterocycles. The second-order valence-electron chi connectivity index (χ2n) is 5.48. The Morgan fingerprint density at radius 1 is 1.40 bits per heavy atom. The minimum atomic E-state index is 0.0715. The molecule has 0 aliphatic carbocycles. The molecule has 0 bridgehead atoms. The molecule has 20 heavy (non-hydrogen) atoms. The molecule has 1 amide bonds. The number of piperidine rings is 1. The van der Waals surface area contributed by atoms with E-state index in [0.29, 0.717) is 17.4 Å². The predicted molar refractivity (Wildman–Crippen MR) is 84.6 cm³/mol. The maximum atomic E-state index is 12.2. The molecule has 4 nitrogen and oxygen atoms in total. The van der Waals surface area contributed by atoms with Crippen molar-refractivity contribution < 1.29 is 4.79 Å². The molecule has 1 aliphatic rings. The average Bonchev–Trinajstić information content (AvgIpc) is 2.39. The van der Waals surface area contributed by atoms with Crippen molar-refractivity contribution in [3.63, 3.8) is 0 Å². The van der Waals surface area contributed by atoms with E-state index in [1.54, 1.807) is 0 Å². The highest BCUT2D eigenvalue weighted by Gasteiger charge is 2.18. The van der Waals surface area contributed by atoms with E-state index < -0.39 is 0 Å². The number of nitrogens with one attached hydrogen (secondary N) is 2. The van der Waals surface area contributed by atoms with Gasteiger partial charge in [0.15, 0.2) is 0 Å². The Morgan fingerprint density at radius 3 is 2.75 bits per heavy atom. The average molecular weight is 296 g/mol. The Labute approximate surface area is 125 Å². The first kappa shape index (κ1) is 15.1. The summed E-state index contributed by atoms with van der Waals surface area (Å²) in [5, 5.41) is 6.96. The van der Waals surface area contributed by atoms with Gasteiger partial charge in [-0.05, 0) is 44.0 Å². The van der Waals surface area contributed by atoms with Gasteiger partial charge in [0.25, 0.3) is 0 Å². The van der Waals surface area contributed by atoms with E-state index in [9.17, 15) is 4.79 Å². The number of hydrogen-bond acceptors (Lipinski definition) is 3. The van der Waals surface area contributed by atoms with E-state index in [-0.39, 0.29) is 5.91 Å². The predicted octanol–water partition coefficient (Wildman–Crippen LogP) is 2.73. The molecule has 1 saturated heterocycles. The van der Waals surface area contributed by atoms with Gasteiger partial charge in [0, 0.05) is 20.5 Å². The number of carbonyl (C=O) groups is 1. The van der Waals surface area contributed by atoms with Crippen LogP contribution in [0.1, 0.15) is 19.3 Å². The highest BCUT2D eigenvalue weighted by molar-refractivity contribution is 6.34. The Hall–Kier alpha value is -1.26. The van der Waals surface area contributed by atoms with E-state index in [2.05, 4.69) is 10.6 Å². The molecule has 1 aromatic carbocycles. The van der Waals surface area contributed by atoms with Crippen molar-refractivity contribution in [1.82, 2.24) is 5.32 Å². The first-order valence-corrected chi connectivity index (χ1v) is 7.42. The van der Waals surface area contributed by atoms with E-state index in [4.69, 9.17) is 11.6 Å². The zero-order valence-electron chi connectivity index (χ0n) is 12.1. The zero-order valence-corrected chi connectivity index (χ0v) is 12.8. The van der Waals surface area contributed by atoms with Crippen LogP contribution in [-0.2, 0) is 4.79 Å². The lowest BCUT2D eigenvalue weighted by Gasteiger charge is -2.23. The quantitative estimate of drug-likeness (QED) is 0.898. The van der Waals surface area contributed by atoms with E-state index in [1.807, 2.05) is 37.2 Å². The summed E-state index contributed by atoms with van der Waals surface area (Å²) < 4.78 is 0.